The first-order valence-electron chi connectivity index (χ1n) is 5.19. The molecule has 8 heteroatoms. The summed E-state index contributed by atoms with van der Waals surface area (Å²) in [5.74, 6) is 0. The highest BCUT2D eigenvalue weighted by molar-refractivity contribution is 7.89. The van der Waals surface area contributed by atoms with E-state index in [9.17, 15) is 21.6 Å². The van der Waals surface area contributed by atoms with Crippen LogP contribution in [-0.2, 0) is 16.2 Å². The summed E-state index contributed by atoms with van der Waals surface area (Å²) in [7, 11) is -3.74. The third-order valence-electron chi connectivity index (χ3n) is 2.60. The Morgan fingerprint density at radius 1 is 1.17 bits per heavy atom. The van der Waals surface area contributed by atoms with Crippen molar-refractivity contribution in [1.29, 1.82) is 0 Å². The Kier molecular flexibility index (Phi) is 3.35. The second kappa shape index (κ2) is 4.52. The molecule has 100 valence electrons. The normalized spacial score (nSPS) is 17.5. The van der Waals surface area contributed by atoms with Gasteiger partial charge in [-0.3, -0.25) is 0 Å². The molecular weight excluding hydrogens is 269 g/mol. The van der Waals surface area contributed by atoms with Crippen LogP contribution in [0.4, 0.5) is 13.2 Å². The molecule has 1 heterocycles. The molecule has 1 aromatic carbocycles. The quantitative estimate of drug-likeness (QED) is 0.867. The van der Waals surface area contributed by atoms with Crippen molar-refractivity contribution in [1.82, 2.24) is 10.0 Å². The van der Waals surface area contributed by atoms with E-state index in [0.717, 1.165) is 24.3 Å². The topological polar surface area (TPSA) is 58.2 Å². The number of alkyl halides is 3. The van der Waals surface area contributed by atoms with Crippen LogP contribution >= 0.6 is 0 Å². The van der Waals surface area contributed by atoms with Gasteiger partial charge in [-0.25, -0.2) is 13.1 Å². The van der Waals surface area contributed by atoms with Crippen molar-refractivity contribution in [3.8, 4) is 0 Å². The van der Waals surface area contributed by atoms with Crippen molar-refractivity contribution in [2.45, 2.75) is 17.1 Å². The molecule has 0 amide bonds. The maximum atomic E-state index is 12.3. The number of benzene rings is 1. The summed E-state index contributed by atoms with van der Waals surface area (Å²) in [4.78, 5) is -0.164. The molecule has 0 spiro atoms. The van der Waals surface area contributed by atoms with E-state index in [0.29, 0.717) is 13.1 Å². The predicted molar refractivity (Wildman–Crippen MR) is 58.4 cm³/mol. The summed E-state index contributed by atoms with van der Waals surface area (Å²) < 4.78 is 62.9. The van der Waals surface area contributed by atoms with Crippen LogP contribution in [0.5, 0.6) is 0 Å². The highest BCUT2D eigenvalue weighted by Crippen LogP contribution is 2.29. The predicted octanol–water partition coefficient (Wildman–Crippen LogP) is 0.956. The van der Waals surface area contributed by atoms with E-state index in [-0.39, 0.29) is 10.9 Å². The first-order valence-corrected chi connectivity index (χ1v) is 6.68. The zero-order valence-corrected chi connectivity index (χ0v) is 9.98. The van der Waals surface area contributed by atoms with E-state index < -0.39 is 21.8 Å². The van der Waals surface area contributed by atoms with Crippen molar-refractivity contribution in [3.63, 3.8) is 0 Å². The standard InChI is InChI=1S/C10H11F3N2O2S/c11-10(12,13)7-1-3-9(4-2-7)18(16,17)15-8-5-14-6-8/h1-4,8,14-15H,5-6H2. The fraction of sp³-hybridized carbons (Fsp3) is 0.400. The number of hydrogen-bond acceptors (Lipinski definition) is 3. The second-order valence-electron chi connectivity index (χ2n) is 4.00. The highest BCUT2D eigenvalue weighted by Gasteiger charge is 2.31. The van der Waals surface area contributed by atoms with Gasteiger partial charge in [0.05, 0.1) is 10.5 Å². The van der Waals surface area contributed by atoms with E-state index >= 15 is 0 Å². The molecule has 0 aromatic heterocycles. The van der Waals surface area contributed by atoms with Gasteiger partial charge in [0.25, 0.3) is 0 Å². The van der Waals surface area contributed by atoms with Crippen LogP contribution < -0.4 is 10.0 Å². The molecule has 0 unspecified atom stereocenters. The molecule has 2 N–H and O–H groups in total. The summed E-state index contributed by atoms with van der Waals surface area (Å²) in [5.41, 5.74) is -0.869. The second-order valence-corrected chi connectivity index (χ2v) is 5.71. The smallest absolute Gasteiger partial charge is 0.313 e. The van der Waals surface area contributed by atoms with Gasteiger partial charge >= 0.3 is 6.18 Å². The molecule has 1 aliphatic heterocycles. The Bertz CT molecular complexity index is 521. The van der Waals surface area contributed by atoms with Crippen molar-refractivity contribution in [2.24, 2.45) is 0 Å². The molecule has 1 saturated heterocycles. The molecule has 4 nitrogen and oxygen atoms in total. The average Bonchev–Trinajstić information content (AvgIpc) is 2.23. The number of nitrogens with one attached hydrogen (secondary N) is 2. The van der Waals surface area contributed by atoms with Crippen molar-refractivity contribution >= 4 is 10.0 Å². The Balaban J connectivity index is 2.18. The van der Waals surface area contributed by atoms with Gasteiger partial charge in [-0.15, -0.1) is 0 Å². The SMILES string of the molecule is O=S(=O)(NC1CNC1)c1ccc(C(F)(F)F)cc1. The van der Waals surface area contributed by atoms with Crippen molar-refractivity contribution in [2.75, 3.05) is 13.1 Å². The van der Waals surface area contributed by atoms with Gasteiger partial charge < -0.3 is 5.32 Å². The Morgan fingerprint density at radius 3 is 2.11 bits per heavy atom. The van der Waals surface area contributed by atoms with Gasteiger partial charge in [0.2, 0.25) is 10.0 Å². The third-order valence-corrected chi connectivity index (χ3v) is 4.13. The van der Waals surface area contributed by atoms with Crippen LogP contribution in [0.1, 0.15) is 5.56 Å². The minimum Gasteiger partial charge on any atom is -0.313 e. The van der Waals surface area contributed by atoms with Gasteiger partial charge in [-0.1, -0.05) is 0 Å². The lowest BCUT2D eigenvalue weighted by atomic mass is 10.2. The minimum absolute atomic E-state index is 0.164. The Labute approximate surface area is 102 Å². The first kappa shape index (κ1) is 13.3. The fourth-order valence-corrected chi connectivity index (χ4v) is 2.72. The zero-order chi connectivity index (χ0) is 13.4. The molecule has 0 radical (unpaired) electrons. The van der Waals surface area contributed by atoms with Crippen LogP contribution in [0.25, 0.3) is 0 Å². The summed E-state index contributed by atoms with van der Waals surface area (Å²) in [6.07, 6.45) is -4.46. The molecule has 2 rings (SSSR count). The monoisotopic (exact) mass is 280 g/mol. The van der Waals surface area contributed by atoms with Crippen LogP contribution in [0.3, 0.4) is 0 Å². The number of rotatable bonds is 3. The van der Waals surface area contributed by atoms with Crippen LogP contribution in [0.15, 0.2) is 29.2 Å². The van der Waals surface area contributed by atoms with Crippen LogP contribution in [0, 0.1) is 0 Å². The fourth-order valence-electron chi connectivity index (χ4n) is 1.48. The summed E-state index contributed by atoms with van der Waals surface area (Å²) in [6, 6.07) is 3.23. The molecule has 0 bridgehead atoms. The first-order chi connectivity index (χ1) is 8.29. The molecule has 0 aliphatic carbocycles. The maximum absolute atomic E-state index is 12.3. The lowest BCUT2D eigenvalue weighted by Crippen LogP contribution is -2.56. The molecule has 0 atom stereocenters. The number of hydrogen-bond donors (Lipinski definition) is 2. The van der Waals surface area contributed by atoms with Crippen molar-refractivity contribution in [3.05, 3.63) is 29.8 Å². The molecule has 1 aromatic rings. The van der Waals surface area contributed by atoms with Gasteiger partial charge in [-0.2, -0.15) is 13.2 Å². The van der Waals surface area contributed by atoms with E-state index in [4.69, 9.17) is 0 Å². The van der Waals surface area contributed by atoms with Crippen LogP contribution in [-0.4, -0.2) is 27.5 Å². The van der Waals surface area contributed by atoms with Gasteiger partial charge in [0.15, 0.2) is 0 Å². The third kappa shape index (κ3) is 2.82. The van der Waals surface area contributed by atoms with E-state index in [2.05, 4.69) is 10.0 Å². The molecule has 18 heavy (non-hydrogen) atoms. The average molecular weight is 280 g/mol. The number of halogens is 3. The summed E-state index contributed by atoms with van der Waals surface area (Å²) >= 11 is 0. The molecule has 1 aliphatic rings. The van der Waals surface area contributed by atoms with Gasteiger partial charge in [-0.05, 0) is 24.3 Å². The molecule has 1 fully saturated rings. The van der Waals surface area contributed by atoms with E-state index in [1.807, 2.05) is 0 Å². The number of sulfonamides is 1. The molecule has 0 saturated carbocycles. The summed E-state index contributed by atoms with van der Waals surface area (Å²) in [5, 5.41) is 2.89. The lowest BCUT2D eigenvalue weighted by molar-refractivity contribution is -0.137. The lowest BCUT2D eigenvalue weighted by Gasteiger charge is -2.27. The van der Waals surface area contributed by atoms with Gasteiger partial charge in [0.1, 0.15) is 0 Å². The zero-order valence-electron chi connectivity index (χ0n) is 9.16. The van der Waals surface area contributed by atoms with Crippen molar-refractivity contribution < 1.29 is 21.6 Å². The summed E-state index contributed by atoms with van der Waals surface area (Å²) in [6.45, 7) is 1.06. The largest absolute Gasteiger partial charge is 0.416 e. The van der Waals surface area contributed by atoms with E-state index in [1.165, 1.54) is 0 Å². The minimum atomic E-state index is -4.46. The van der Waals surface area contributed by atoms with Crippen LogP contribution in [0.2, 0.25) is 0 Å². The highest BCUT2D eigenvalue weighted by atomic mass is 32.2. The Morgan fingerprint density at radius 2 is 1.72 bits per heavy atom. The molecular formula is C10H11F3N2O2S. The maximum Gasteiger partial charge on any atom is 0.416 e. The van der Waals surface area contributed by atoms with Gasteiger partial charge in [0, 0.05) is 19.1 Å². The van der Waals surface area contributed by atoms with E-state index in [1.54, 1.807) is 0 Å². The Hall–Kier alpha value is -1.12.